The van der Waals surface area contributed by atoms with E-state index < -0.39 is 8.07 Å². The van der Waals surface area contributed by atoms with Gasteiger partial charge in [0.05, 0.1) is 8.07 Å². The van der Waals surface area contributed by atoms with Gasteiger partial charge in [-0.25, -0.2) is 0 Å². The van der Waals surface area contributed by atoms with Crippen molar-refractivity contribution in [2.75, 3.05) is 0 Å². The van der Waals surface area contributed by atoms with Gasteiger partial charge in [-0.2, -0.15) is 0 Å². The number of benzene rings is 5. The first-order valence-electron chi connectivity index (χ1n) is 9.46. The summed E-state index contributed by atoms with van der Waals surface area (Å²) < 4.78 is 6.32. The first-order valence-corrected chi connectivity index (χ1v) is 13.0. The Labute approximate surface area is 160 Å². The monoisotopic (exact) mass is 366 g/mol. The van der Waals surface area contributed by atoms with Crippen molar-refractivity contribution in [1.82, 2.24) is 0 Å². The summed E-state index contributed by atoms with van der Waals surface area (Å²) in [7, 11) is -1.29. The Balaban J connectivity index is 1.65. The lowest BCUT2D eigenvalue weighted by Gasteiger charge is -2.17. The molecule has 2 heteroatoms. The van der Waals surface area contributed by atoms with Crippen molar-refractivity contribution in [2.45, 2.75) is 19.6 Å². The molecule has 0 aliphatic heterocycles. The average molecular weight is 367 g/mol. The third kappa shape index (κ3) is 2.68. The van der Waals surface area contributed by atoms with Crippen LogP contribution in [0, 0.1) is 0 Å². The third-order valence-corrected chi connectivity index (χ3v) is 7.50. The minimum Gasteiger partial charge on any atom is -0.457 e. The second-order valence-corrected chi connectivity index (χ2v) is 13.4. The highest BCUT2D eigenvalue weighted by atomic mass is 28.3. The topological polar surface area (TPSA) is 9.23 Å². The Morgan fingerprint density at radius 1 is 0.593 bits per heavy atom. The molecule has 5 aromatic carbocycles. The number of hydrogen-bond acceptors (Lipinski definition) is 1. The fraction of sp³-hybridized carbons (Fsp3) is 0.120. The zero-order valence-corrected chi connectivity index (χ0v) is 16.9. The smallest absolute Gasteiger partial charge is 0.135 e. The molecule has 0 unspecified atom stereocenters. The van der Waals surface area contributed by atoms with Crippen molar-refractivity contribution < 1.29 is 4.74 Å². The summed E-state index contributed by atoms with van der Waals surface area (Å²) >= 11 is 0. The Morgan fingerprint density at radius 3 is 1.85 bits per heavy atom. The molecule has 0 atom stereocenters. The number of rotatable bonds is 3. The Morgan fingerprint density at radius 2 is 1.19 bits per heavy atom. The Hall–Kier alpha value is -2.84. The highest BCUT2D eigenvalue weighted by molar-refractivity contribution is 6.88. The van der Waals surface area contributed by atoms with Gasteiger partial charge in [0.2, 0.25) is 0 Å². The molecule has 0 heterocycles. The van der Waals surface area contributed by atoms with Gasteiger partial charge in [0.1, 0.15) is 11.5 Å². The molecular weight excluding hydrogens is 344 g/mol. The summed E-state index contributed by atoms with van der Waals surface area (Å²) in [4.78, 5) is 0. The minimum atomic E-state index is -1.29. The van der Waals surface area contributed by atoms with Gasteiger partial charge in [-0.1, -0.05) is 79.4 Å². The highest BCUT2D eigenvalue weighted by Gasteiger charge is 2.16. The van der Waals surface area contributed by atoms with E-state index in [0.717, 1.165) is 11.5 Å². The standard InChI is InChI=1S/C25H22OSi/c1-27(2,3)21-13-11-20(12-14-21)26-23-16-10-19-8-7-17-5-4-6-18-9-15-22(23)25(19)24(17)18/h4-16H,1-3H3. The van der Waals surface area contributed by atoms with E-state index >= 15 is 0 Å². The van der Waals surface area contributed by atoms with Crippen molar-refractivity contribution in [3.8, 4) is 11.5 Å². The summed E-state index contributed by atoms with van der Waals surface area (Å²) in [5.74, 6) is 1.81. The van der Waals surface area contributed by atoms with Gasteiger partial charge >= 0.3 is 0 Å². The lowest BCUT2D eigenvalue weighted by atomic mass is 9.94. The van der Waals surface area contributed by atoms with Crippen LogP contribution in [-0.4, -0.2) is 8.07 Å². The second kappa shape index (κ2) is 5.83. The van der Waals surface area contributed by atoms with E-state index in [0.29, 0.717) is 0 Å². The number of ether oxygens (including phenoxy) is 1. The van der Waals surface area contributed by atoms with Crippen LogP contribution >= 0.6 is 0 Å². The molecule has 0 aliphatic carbocycles. The normalized spacial score (nSPS) is 12.3. The lowest BCUT2D eigenvalue weighted by molar-refractivity contribution is 0.488. The van der Waals surface area contributed by atoms with Crippen LogP contribution in [0.2, 0.25) is 19.6 Å². The maximum Gasteiger partial charge on any atom is 0.135 e. The quantitative estimate of drug-likeness (QED) is 0.249. The Bertz CT molecular complexity index is 1250. The van der Waals surface area contributed by atoms with E-state index in [4.69, 9.17) is 4.74 Å². The summed E-state index contributed by atoms with van der Waals surface area (Å²) in [6, 6.07) is 28.2. The highest BCUT2D eigenvalue weighted by Crippen LogP contribution is 2.39. The van der Waals surface area contributed by atoms with Gasteiger partial charge in [-0.05, 0) is 45.8 Å². The maximum atomic E-state index is 6.32. The molecule has 0 saturated heterocycles. The van der Waals surface area contributed by atoms with Crippen LogP contribution in [0.1, 0.15) is 0 Å². The third-order valence-electron chi connectivity index (χ3n) is 5.44. The molecule has 0 aliphatic rings. The van der Waals surface area contributed by atoms with Gasteiger partial charge in [0, 0.05) is 10.8 Å². The largest absolute Gasteiger partial charge is 0.457 e. The predicted molar refractivity (Wildman–Crippen MR) is 120 cm³/mol. The van der Waals surface area contributed by atoms with Crippen LogP contribution in [-0.2, 0) is 0 Å². The summed E-state index contributed by atoms with van der Waals surface area (Å²) in [6.45, 7) is 7.09. The van der Waals surface area contributed by atoms with Gasteiger partial charge in [-0.15, -0.1) is 0 Å². The molecule has 0 radical (unpaired) electrons. The molecule has 0 aromatic heterocycles. The first-order chi connectivity index (χ1) is 13.0. The lowest BCUT2D eigenvalue weighted by Crippen LogP contribution is -2.37. The van der Waals surface area contributed by atoms with Crippen LogP contribution in [0.25, 0.3) is 32.3 Å². The fourth-order valence-electron chi connectivity index (χ4n) is 3.95. The van der Waals surface area contributed by atoms with Gasteiger partial charge < -0.3 is 4.74 Å². The fourth-order valence-corrected chi connectivity index (χ4v) is 5.11. The molecule has 0 amide bonds. The van der Waals surface area contributed by atoms with E-state index in [1.807, 2.05) is 0 Å². The summed E-state index contributed by atoms with van der Waals surface area (Å²) in [5.41, 5.74) is 0. The molecule has 0 saturated carbocycles. The molecular formula is C25H22OSi. The molecule has 132 valence electrons. The maximum absolute atomic E-state index is 6.32. The van der Waals surface area contributed by atoms with Gasteiger partial charge in [0.15, 0.2) is 0 Å². The molecule has 5 aromatic rings. The van der Waals surface area contributed by atoms with Crippen LogP contribution in [0.4, 0.5) is 0 Å². The summed E-state index contributed by atoms with van der Waals surface area (Å²) in [6.07, 6.45) is 0. The van der Waals surface area contributed by atoms with E-state index in [9.17, 15) is 0 Å². The summed E-state index contributed by atoms with van der Waals surface area (Å²) in [5, 5.41) is 9.06. The molecule has 27 heavy (non-hydrogen) atoms. The molecule has 0 fully saturated rings. The number of hydrogen-bond donors (Lipinski definition) is 0. The van der Waals surface area contributed by atoms with Crippen molar-refractivity contribution in [2.24, 2.45) is 0 Å². The first kappa shape index (κ1) is 16.3. The predicted octanol–water partition coefficient (Wildman–Crippen LogP) is 6.92. The van der Waals surface area contributed by atoms with Crippen LogP contribution in [0.3, 0.4) is 0 Å². The van der Waals surface area contributed by atoms with E-state index in [2.05, 4.69) is 98.5 Å². The van der Waals surface area contributed by atoms with Crippen molar-refractivity contribution in [3.05, 3.63) is 78.9 Å². The van der Waals surface area contributed by atoms with Gasteiger partial charge in [0.25, 0.3) is 0 Å². The van der Waals surface area contributed by atoms with Crippen LogP contribution < -0.4 is 9.92 Å². The SMILES string of the molecule is C[Si](C)(C)c1ccc(Oc2ccc3ccc4cccc5ccc2c3c45)cc1. The van der Waals surface area contributed by atoms with Crippen LogP contribution in [0.15, 0.2) is 78.9 Å². The zero-order valence-electron chi connectivity index (χ0n) is 15.9. The van der Waals surface area contributed by atoms with E-state index in [1.54, 1.807) is 0 Å². The van der Waals surface area contributed by atoms with Crippen molar-refractivity contribution >= 4 is 45.6 Å². The molecule has 1 nitrogen and oxygen atoms in total. The van der Waals surface area contributed by atoms with Crippen molar-refractivity contribution in [3.63, 3.8) is 0 Å². The van der Waals surface area contributed by atoms with Crippen molar-refractivity contribution in [1.29, 1.82) is 0 Å². The Kier molecular flexibility index (Phi) is 3.53. The molecule has 0 N–H and O–H groups in total. The molecule has 5 rings (SSSR count). The second-order valence-electron chi connectivity index (χ2n) is 8.30. The van der Waals surface area contributed by atoms with E-state index in [-0.39, 0.29) is 0 Å². The average Bonchev–Trinajstić information content (AvgIpc) is 2.67. The van der Waals surface area contributed by atoms with Gasteiger partial charge in [-0.3, -0.25) is 0 Å². The zero-order chi connectivity index (χ0) is 18.6. The van der Waals surface area contributed by atoms with E-state index in [1.165, 1.54) is 37.5 Å². The molecule has 0 spiro atoms. The van der Waals surface area contributed by atoms with Crippen LogP contribution in [0.5, 0.6) is 11.5 Å². The molecule has 0 bridgehead atoms. The minimum absolute atomic E-state index is 0.895.